The molecule has 2 heterocycles. The summed E-state index contributed by atoms with van der Waals surface area (Å²) >= 11 is 1.68. The van der Waals surface area contributed by atoms with Crippen molar-refractivity contribution < 1.29 is 14.3 Å². The predicted molar refractivity (Wildman–Crippen MR) is 101 cm³/mol. The second kappa shape index (κ2) is 6.19. The Kier molecular flexibility index (Phi) is 4.00. The molecule has 0 spiro atoms. The number of amides is 2. The molecule has 3 unspecified atom stereocenters. The third kappa shape index (κ3) is 2.85. The van der Waals surface area contributed by atoms with Crippen LogP contribution in [0.4, 0.5) is 4.79 Å². The van der Waals surface area contributed by atoms with Crippen molar-refractivity contribution in [3.63, 3.8) is 0 Å². The molecular weight excluding hydrogens is 362 g/mol. The number of carbonyl (C=O) groups excluding carboxylic acids is 2. The molecular formula is C20H27N3O3S. The van der Waals surface area contributed by atoms with Gasteiger partial charge >= 0.3 is 6.09 Å². The van der Waals surface area contributed by atoms with Crippen LogP contribution in [0.3, 0.4) is 0 Å². The van der Waals surface area contributed by atoms with Crippen molar-refractivity contribution in [1.29, 1.82) is 0 Å². The van der Waals surface area contributed by atoms with Crippen LogP contribution in [0.1, 0.15) is 55.1 Å². The van der Waals surface area contributed by atoms with E-state index < -0.39 is 0 Å². The number of hydrogen-bond donors (Lipinski definition) is 1. The predicted octanol–water partition coefficient (Wildman–Crippen LogP) is 3.06. The standard InChI is InChI=1S/C20H27N3O3S/c1-11-10-27-17(22-11)13-2-3-23(9-13)19(25)26-16-14-4-12-5-15(16)8-20(6-12,7-14)18(21)24/h10,12-16H,2-9H2,1H3,(H2,21,24)/t12?,13?,14?,15?,16-,20-. The van der Waals surface area contributed by atoms with Crippen LogP contribution >= 0.6 is 11.3 Å². The van der Waals surface area contributed by atoms with E-state index in [1.807, 2.05) is 11.8 Å². The van der Waals surface area contributed by atoms with Gasteiger partial charge in [-0.25, -0.2) is 9.78 Å². The number of nitrogens with two attached hydrogens (primary N) is 1. The first-order chi connectivity index (χ1) is 12.9. The third-order valence-electron chi connectivity index (χ3n) is 7.38. The zero-order chi connectivity index (χ0) is 18.8. The quantitative estimate of drug-likeness (QED) is 0.861. The maximum atomic E-state index is 12.8. The molecule has 2 amide bonds. The Balaban J connectivity index is 1.24. The summed E-state index contributed by atoms with van der Waals surface area (Å²) < 4.78 is 6.04. The van der Waals surface area contributed by atoms with E-state index in [2.05, 4.69) is 10.4 Å². The first-order valence-corrected chi connectivity index (χ1v) is 11.0. The Bertz CT molecular complexity index is 762. The van der Waals surface area contributed by atoms with Crippen molar-refractivity contribution >= 4 is 23.3 Å². The Morgan fingerprint density at radius 3 is 2.67 bits per heavy atom. The van der Waals surface area contributed by atoms with Gasteiger partial charge in [0.05, 0.1) is 10.4 Å². The minimum absolute atomic E-state index is 0.0392. The molecule has 146 valence electrons. The first-order valence-electron chi connectivity index (χ1n) is 10.1. The number of likely N-dealkylation sites (tertiary alicyclic amines) is 1. The summed E-state index contributed by atoms with van der Waals surface area (Å²) in [6.45, 7) is 3.44. The number of thiazole rings is 1. The van der Waals surface area contributed by atoms with Gasteiger partial charge in [-0.15, -0.1) is 11.3 Å². The van der Waals surface area contributed by atoms with Gasteiger partial charge in [-0.1, -0.05) is 0 Å². The molecule has 5 aliphatic rings. The highest BCUT2D eigenvalue weighted by Crippen LogP contribution is 2.60. The monoisotopic (exact) mass is 389 g/mol. The van der Waals surface area contributed by atoms with E-state index in [1.54, 1.807) is 11.3 Å². The number of ether oxygens (including phenoxy) is 1. The lowest BCUT2D eigenvalue weighted by Gasteiger charge is -2.58. The van der Waals surface area contributed by atoms with Gasteiger partial charge in [-0.2, -0.15) is 0 Å². The molecule has 1 aliphatic heterocycles. The van der Waals surface area contributed by atoms with Crippen molar-refractivity contribution in [2.24, 2.45) is 28.9 Å². The highest BCUT2D eigenvalue weighted by atomic mass is 32.1. The summed E-state index contributed by atoms with van der Waals surface area (Å²) in [7, 11) is 0. The summed E-state index contributed by atoms with van der Waals surface area (Å²) in [5.41, 5.74) is 6.47. The number of aromatic nitrogens is 1. The Labute approximate surface area is 163 Å². The lowest BCUT2D eigenvalue weighted by Crippen LogP contribution is -2.59. The van der Waals surface area contributed by atoms with E-state index >= 15 is 0 Å². The number of primary amides is 1. The second-order valence-corrected chi connectivity index (χ2v) is 10.1. The lowest BCUT2D eigenvalue weighted by molar-refractivity contribution is -0.161. The van der Waals surface area contributed by atoms with E-state index in [4.69, 9.17) is 10.5 Å². The molecule has 3 atom stereocenters. The fourth-order valence-electron chi connectivity index (χ4n) is 6.35. The highest BCUT2D eigenvalue weighted by molar-refractivity contribution is 7.09. The van der Waals surface area contributed by atoms with Crippen LogP contribution in [-0.4, -0.2) is 41.1 Å². The first kappa shape index (κ1) is 17.5. The van der Waals surface area contributed by atoms with Gasteiger partial charge in [0.15, 0.2) is 0 Å². The molecule has 1 aromatic heterocycles. The minimum atomic E-state index is -0.332. The van der Waals surface area contributed by atoms with Crippen LogP contribution in [-0.2, 0) is 9.53 Å². The molecule has 1 saturated heterocycles. The van der Waals surface area contributed by atoms with Crippen molar-refractivity contribution in [1.82, 2.24) is 9.88 Å². The van der Waals surface area contributed by atoms with Crippen molar-refractivity contribution in [2.45, 2.75) is 57.5 Å². The van der Waals surface area contributed by atoms with E-state index in [0.29, 0.717) is 30.2 Å². The molecule has 0 radical (unpaired) electrons. The number of nitrogens with zero attached hydrogens (tertiary/aromatic N) is 2. The SMILES string of the molecule is Cc1csc(C2CCN(C(=O)O[C@H]3C4CC5CC3C[C@](C(N)=O)(C5)C4)C2)n1. The summed E-state index contributed by atoms with van der Waals surface area (Å²) in [4.78, 5) is 31.3. The number of aryl methyl sites for hydroxylation is 1. The molecule has 4 aliphatic carbocycles. The van der Waals surface area contributed by atoms with Gasteiger partial charge in [0.1, 0.15) is 6.10 Å². The van der Waals surface area contributed by atoms with Gasteiger partial charge in [0.2, 0.25) is 5.91 Å². The number of carbonyl (C=O) groups is 2. The summed E-state index contributed by atoms with van der Waals surface area (Å²) in [6.07, 6.45) is 5.42. The average Bonchev–Trinajstić information content (AvgIpc) is 3.26. The molecule has 4 bridgehead atoms. The summed E-state index contributed by atoms with van der Waals surface area (Å²) in [6, 6.07) is 0. The van der Waals surface area contributed by atoms with Gasteiger partial charge in [-0.05, 0) is 63.2 Å². The smallest absolute Gasteiger partial charge is 0.410 e. The Morgan fingerprint density at radius 2 is 2.04 bits per heavy atom. The molecule has 0 aromatic carbocycles. The number of rotatable bonds is 3. The van der Waals surface area contributed by atoms with E-state index in [0.717, 1.165) is 55.8 Å². The molecule has 7 heteroatoms. The van der Waals surface area contributed by atoms with Crippen LogP contribution in [0.15, 0.2) is 5.38 Å². The summed E-state index contributed by atoms with van der Waals surface area (Å²) in [5.74, 6) is 1.36. The second-order valence-electron chi connectivity index (χ2n) is 9.22. The summed E-state index contributed by atoms with van der Waals surface area (Å²) in [5, 5.41) is 3.19. The zero-order valence-corrected chi connectivity index (χ0v) is 16.5. The largest absolute Gasteiger partial charge is 0.446 e. The lowest BCUT2D eigenvalue weighted by atomic mass is 9.48. The Morgan fingerprint density at radius 1 is 1.30 bits per heavy atom. The van der Waals surface area contributed by atoms with Crippen LogP contribution in [0, 0.1) is 30.1 Å². The van der Waals surface area contributed by atoms with Crippen molar-refractivity contribution in [3.05, 3.63) is 16.1 Å². The van der Waals surface area contributed by atoms with E-state index in [-0.39, 0.29) is 23.5 Å². The molecule has 5 fully saturated rings. The van der Waals surface area contributed by atoms with Crippen LogP contribution in [0.2, 0.25) is 0 Å². The van der Waals surface area contributed by atoms with E-state index in [9.17, 15) is 9.59 Å². The molecule has 2 N–H and O–H groups in total. The van der Waals surface area contributed by atoms with Crippen molar-refractivity contribution in [2.75, 3.05) is 13.1 Å². The molecule has 1 aromatic rings. The van der Waals surface area contributed by atoms with Gasteiger partial charge < -0.3 is 15.4 Å². The molecule has 27 heavy (non-hydrogen) atoms. The van der Waals surface area contributed by atoms with E-state index in [1.165, 1.54) is 0 Å². The van der Waals surface area contributed by atoms with Crippen molar-refractivity contribution in [3.8, 4) is 0 Å². The van der Waals surface area contributed by atoms with Gasteiger partial charge in [0.25, 0.3) is 0 Å². The Hall–Kier alpha value is -1.63. The average molecular weight is 390 g/mol. The van der Waals surface area contributed by atoms with Crippen LogP contribution in [0.25, 0.3) is 0 Å². The maximum absolute atomic E-state index is 12.8. The maximum Gasteiger partial charge on any atom is 0.410 e. The minimum Gasteiger partial charge on any atom is -0.446 e. The zero-order valence-electron chi connectivity index (χ0n) is 15.7. The van der Waals surface area contributed by atoms with Gasteiger partial charge in [0, 0.05) is 30.1 Å². The molecule has 4 saturated carbocycles. The van der Waals surface area contributed by atoms with Crippen LogP contribution < -0.4 is 5.73 Å². The molecule has 6 rings (SSSR count). The number of hydrogen-bond acceptors (Lipinski definition) is 5. The van der Waals surface area contributed by atoms with Crippen LogP contribution in [0.5, 0.6) is 0 Å². The normalized spacial score (nSPS) is 39.7. The topological polar surface area (TPSA) is 85.5 Å². The fraction of sp³-hybridized carbons (Fsp3) is 0.750. The highest BCUT2D eigenvalue weighted by Gasteiger charge is 2.59. The third-order valence-corrected chi connectivity index (χ3v) is 8.50. The van der Waals surface area contributed by atoms with Gasteiger partial charge in [-0.3, -0.25) is 4.79 Å². The molecule has 6 nitrogen and oxygen atoms in total. The fourth-order valence-corrected chi connectivity index (χ4v) is 7.28.